The topological polar surface area (TPSA) is 66.8 Å². The molecule has 5 heteroatoms. The molecule has 1 amide bonds. The fourth-order valence-electron chi connectivity index (χ4n) is 1.71. The van der Waals surface area contributed by atoms with Crippen LogP contribution in [0.3, 0.4) is 0 Å². The molecule has 0 radical (unpaired) electrons. The van der Waals surface area contributed by atoms with Crippen LogP contribution in [0, 0.1) is 5.92 Å². The number of piperidine rings is 1. The highest BCUT2D eigenvalue weighted by atomic mass is 16.5. The Kier molecular flexibility index (Phi) is 4.08. The van der Waals surface area contributed by atoms with Gasteiger partial charge in [-0.3, -0.25) is 9.59 Å². The van der Waals surface area contributed by atoms with Crippen LogP contribution in [-0.2, 0) is 14.3 Å². The maximum Gasteiger partial charge on any atom is 0.315 e. The molecule has 2 unspecified atom stereocenters. The minimum atomic E-state index is -1.07. The van der Waals surface area contributed by atoms with Gasteiger partial charge in [0.2, 0.25) is 5.91 Å². The zero-order valence-corrected chi connectivity index (χ0v) is 9.10. The van der Waals surface area contributed by atoms with Crippen molar-refractivity contribution < 1.29 is 19.4 Å². The number of carbonyl (C=O) groups is 2. The number of ether oxygens (including phenoxy) is 1. The van der Waals surface area contributed by atoms with Gasteiger partial charge in [0.05, 0.1) is 6.10 Å². The number of aliphatic carboxylic acids is 1. The number of likely N-dealkylation sites (tertiary alicyclic amines) is 1. The van der Waals surface area contributed by atoms with E-state index in [2.05, 4.69) is 0 Å². The van der Waals surface area contributed by atoms with E-state index in [0.717, 1.165) is 12.8 Å². The molecule has 15 heavy (non-hydrogen) atoms. The summed E-state index contributed by atoms with van der Waals surface area (Å²) in [6, 6.07) is 0. The third-order valence-corrected chi connectivity index (χ3v) is 2.76. The lowest BCUT2D eigenvalue weighted by molar-refractivity contribution is -0.152. The van der Waals surface area contributed by atoms with Crippen LogP contribution in [0.4, 0.5) is 0 Å². The molecular weight excluding hydrogens is 198 g/mol. The minimum Gasteiger partial charge on any atom is -0.481 e. The van der Waals surface area contributed by atoms with Gasteiger partial charge in [-0.25, -0.2) is 0 Å². The summed E-state index contributed by atoms with van der Waals surface area (Å²) in [5.74, 6) is -2.34. The van der Waals surface area contributed by atoms with Crippen molar-refractivity contribution in [2.45, 2.75) is 25.9 Å². The molecule has 0 aromatic carbocycles. The number of hydrogen-bond acceptors (Lipinski definition) is 3. The Morgan fingerprint density at radius 2 is 2.20 bits per heavy atom. The minimum absolute atomic E-state index is 0.0451. The first-order chi connectivity index (χ1) is 7.06. The molecule has 1 rings (SSSR count). The average molecular weight is 215 g/mol. The largest absolute Gasteiger partial charge is 0.481 e. The van der Waals surface area contributed by atoms with Crippen molar-refractivity contribution in [3.63, 3.8) is 0 Å². The highest BCUT2D eigenvalue weighted by Crippen LogP contribution is 2.15. The SMILES string of the molecule is COC1CCCN(C(=O)C(C)C(=O)O)C1. The lowest BCUT2D eigenvalue weighted by atomic mass is 10.1. The van der Waals surface area contributed by atoms with Crippen LogP contribution >= 0.6 is 0 Å². The summed E-state index contributed by atoms with van der Waals surface area (Å²) in [6.07, 6.45) is 1.85. The molecule has 0 spiro atoms. The van der Waals surface area contributed by atoms with Crippen LogP contribution in [-0.4, -0.2) is 48.2 Å². The summed E-state index contributed by atoms with van der Waals surface area (Å²) < 4.78 is 5.17. The third-order valence-electron chi connectivity index (χ3n) is 2.76. The fraction of sp³-hybridized carbons (Fsp3) is 0.800. The van der Waals surface area contributed by atoms with Crippen molar-refractivity contribution in [2.75, 3.05) is 20.2 Å². The number of amides is 1. The first kappa shape index (κ1) is 12.0. The molecule has 1 N–H and O–H groups in total. The van der Waals surface area contributed by atoms with Gasteiger partial charge in [0.25, 0.3) is 0 Å². The average Bonchev–Trinajstić information content (AvgIpc) is 2.27. The van der Waals surface area contributed by atoms with E-state index in [1.54, 1.807) is 12.0 Å². The van der Waals surface area contributed by atoms with E-state index in [-0.39, 0.29) is 12.0 Å². The number of nitrogens with zero attached hydrogens (tertiary/aromatic N) is 1. The van der Waals surface area contributed by atoms with Crippen molar-refractivity contribution in [3.8, 4) is 0 Å². The van der Waals surface area contributed by atoms with Crippen molar-refractivity contribution in [1.29, 1.82) is 0 Å². The van der Waals surface area contributed by atoms with Crippen LogP contribution in [0.1, 0.15) is 19.8 Å². The fourth-order valence-corrected chi connectivity index (χ4v) is 1.71. The molecule has 1 aliphatic heterocycles. The normalized spacial score (nSPS) is 23.6. The molecule has 2 atom stereocenters. The van der Waals surface area contributed by atoms with Gasteiger partial charge in [-0.1, -0.05) is 0 Å². The lowest BCUT2D eigenvalue weighted by Gasteiger charge is -2.32. The van der Waals surface area contributed by atoms with Crippen LogP contribution in [0.25, 0.3) is 0 Å². The van der Waals surface area contributed by atoms with Gasteiger partial charge < -0.3 is 14.7 Å². The molecular formula is C10H17NO4. The van der Waals surface area contributed by atoms with E-state index in [1.807, 2.05) is 0 Å². The second-order valence-corrected chi connectivity index (χ2v) is 3.84. The number of carboxylic acids is 1. The monoisotopic (exact) mass is 215 g/mol. The summed E-state index contributed by atoms with van der Waals surface area (Å²) >= 11 is 0. The summed E-state index contributed by atoms with van der Waals surface area (Å²) in [5.41, 5.74) is 0. The molecule has 0 aliphatic carbocycles. The van der Waals surface area contributed by atoms with Crippen molar-refractivity contribution in [1.82, 2.24) is 4.90 Å². The molecule has 1 saturated heterocycles. The second kappa shape index (κ2) is 5.11. The highest BCUT2D eigenvalue weighted by Gasteiger charge is 2.29. The van der Waals surface area contributed by atoms with Crippen LogP contribution in [0.15, 0.2) is 0 Å². The molecule has 5 nitrogen and oxygen atoms in total. The van der Waals surface area contributed by atoms with Crippen LogP contribution in [0.5, 0.6) is 0 Å². The number of carbonyl (C=O) groups excluding carboxylic acids is 1. The summed E-state index contributed by atoms with van der Waals surface area (Å²) in [7, 11) is 1.61. The first-order valence-corrected chi connectivity index (χ1v) is 5.10. The summed E-state index contributed by atoms with van der Waals surface area (Å²) in [4.78, 5) is 23.9. The van der Waals surface area contributed by atoms with Crippen molar-refractivity contribution in [2.24, 2.45) is 5.92 Å². The predicted molar refractivity (Wildman–Crippen MR) is 53.4 cm³/mol. The van der Waals surface area contributed by atoms with E-state index in [9.17, 15) is 9.59 Å². The quantitative estimate of drug-likeness (QED) is 0.689. The zero-order valence-electron chi connectivity index (χ0n) is 9.10. The number of methoxy groups -OCH3 is 1. The maximum atomic E-state index is 11.7. The second-order valence-electron chi connectivity index (χ2n) is 3.84. The molecule has 1 aliphatic rings. The predicted octanol–water partition coefficient (Wildman–Crippen LogP) is 0.344. The van der Waals surface area contributed by atoms with E-state index in [1.165, 1.54) is 6.92 Å². The third kappa shape index (κ3) is 2.92. The standard InChI is InChI=1S/C10H17NO4/c1-7(10(13)14)9(12)11-5-3-4-8(6-11)15-2/h7-8H,3-6H2,1-2H3,(H,13,14). The van der Waals surface area contributed by atoms with Gasteiger partial charge in [0, 0.05) is 20.2 Å². The van der Waals surface area contributed by atoms with Gasteiger partial charge in [0.15, 0.2) is 0 Å². The smallest absolute Gasteiger partial charge is 0.315 e. The number of carboxylic acid groups (broad SMARTS) is 1. The Morgan fingerprint density at radius 1 is 1.53 bits per heavy atom. The summed E-state index contributed by atoms with van der Waals surface area (Å²) in [6.45, 7) is 2.56. The van der Waals surface area contributed by atoms with E-state index >= 15 is 0 Å². The van der Waals surface area contributed by atoms with Crippen molar-refractivity contribution >= 4 is 11.9 Å². The van der Waals surface area contributed by atoms with Crippen LogP contribution in [0.2, 0.25) is 0 Å². The lowest BCUT2D eigenvalue weighted by Crippen LogP contribution is -2.46. The molecule has 1 fully saturated rings. The van der Waals surface area contributed by atoms with E-state index in [4.69, 9.17) is 9.84 Å². The number of rotatable bonds is 3. The van der Waals surface area contributed by atoms with E-state index < -0.39 is 11.9 Å². The molecule has 0 aromatic rings. The van der Waals surface area contributed by atoms with Gasteiger partial charge in [-0.15, -0.1) is 0 Å². The highest BCUT2D eigenvalue weighted by molar-refractivity contribution is 5.96. The molecule has 0 aromatic heterocycles. The van der Waals surface area contributed by atoms with Gasteiger partial charge in [0.1, 0.15) is 5.92 Å². The molecule has 86 valence electrons. The maximum absolute atomic E-state index is 11.7. The van der Waals surface area contributed by atoms with Gasteiger partial charge in [-0.05, 0) is 19.8 Å². The van der Waals surface area contributed by atoms with Gasteiger partial charge >= 0.3 is 5.97 Å². The summed E-state index contributed by atoms with van der Waals surface area (Å²) in [5, 5.41) is 8.73. The van der Waals surface area contributed by atoms with Gasteiger partial charge in [-0.2, -0.15) is 0 Å². The zero-order chi connectivity index (χ0) is 11.4. The Hall–Kier alpha value is -1.10. The first-order valence-electron chi connectivity index (χ1n) is 5.10. The Balaban J connectivity index is 2.55. The molecule has 1 heterocycles. The van der Waals surface area contributed by atoms with Crippen molar-refractivity contribution in [3.05, 3.63) is 0 Å². The Morgan fingerprint density at radius 3 is 2.73 bits per heavy atom. The molecule has 0 saturated carbocycles. The Labute approximate surface area is 89.0 Å². The van der Waals surface area contributed by atoms with E-state index in [0.29, 0.717) is 13.1 Å². The van der Waals surface area contributed by atoms with Crippen LogP contribution < -0.4 is 0 Å². The Bertz CT molecular complexity index is 254. The molecule has 0 bridgehead atoms. The number of hydrogen-bond donors (Lipinski definition) is 1.